The number of esters is 2. The molecule has 0 bridgehead atoms. The number of ether oxygens (including phenoxy) is 3. The third-order valence-electron chi connectivity index (χ3n) is 11.4. The molecule has 0 aromatic heterocycles. The van der Waals surface area contributed by atoms with E-state index in [0.29, 0.717) is 25.9 Å². The second kappa shape index (κ2) is 54.4. The van der Waals surface area contributed by atoms with Gasteiger partial charge in [-0.15, -0.1) is 0 Å². The number of allylic oxidation sites excluding steroid dienone is 14. The van der Waals surface area contributed by atoms with Crippen molar-refractivity contribution in [1.82, 2.24) is 0 Å². The molecule has 0 aliphatic heterocycles. The summed E-state index contributed by atoms with van der Waals surface area (Å²) in [6.07, 6.45) is 71.8. The summed E-state index contributed by atoms with van der Waals surface area (Å²) in [6.45, 7) is 7.60. The SMILES string of the molecule is CC/C=C\C/C=C\C/C=C\C/C=C\CCC(=O)OC(COCCCCCCCCCCCC/C=C\C/C=C\CCCCC)COC(=O)CCCCCCC/C=C\CCCCCCCC. The monoisotopic (exact) mass is 891 g/mol. The predicted molar refractivity (Wildman–Crippen MR) is 279 cm³/mol. The number of carbonyl (C=O) groups excluding carboxylic acids is 2. The fourth-order valence-electron chi connectivity index (χ4n) is 7.37. The number of rotatable bonds is 49. The minimum absolute atomic E-state index is 0.0488. The maximum Gasteiger partial charge on any atom is 0.306 e. The summed E-state index contributed by atoms with van der Waals surface area (Å²) >= 11 is 0. The highest BCUT2D eigenvalue weighted by molar-refractivity contribution is 5.70. The van der Waals surface area contributed by atoms with E-state index in [1.807, 2.05) is 6.08 Å². The Morgan fingerprint density at radius 1 is 0.359 bits per heavy atom. The molecule has 0 aliphatic carbocycles. The van der Waals surface area contributed by atoms with E-state index in [-0.39, 0.29) is 25.2 Å². The van der Waals surface area contributed by atoms with Crippen molar-refractivity contribution in [2.45, 2.75) is 258 Å². The third kappa shape index (κ3) is 51.7. The smallest absolute Gasteiger partial charge is 0.306 e. The van der Waals surface area contributed by atoms with E-state index < -0.39 is 6.10 Å². The van der Waals surface area contributed by atoms with Gasteiger partial charge in [-0.25, -0.2) is 0 Å². The van der Waals surface area contributed by atoms with Crippen molar-refractivity contribution in [3.05, 3.63) is 85.1 Å². The van der Waals surface area contributed by atoms with Crippen molar-refractivity contribution in [3.63, 3.8) is 0 Å². The van der Waals surface area contributed by atoms with Crippen molar-refractivity contribution in [1.29, 1.82) is 0 Å². The molecule has 0 saturated carbocycles. The summed E-state index contributed by atoms with van der Waals surface area (Å²) in [6, 6.07) is 0. The molecule has 1 atom stereocenters. The van der Waals surface area contributed by atoms with Gasteiger partial charge in [-0.1, -0.05) is 221 Å². The van der Waals surface area contributed by atoms with Gasteiger partial charge in [-0.05, 0) is 103 Å². The molecule has 0 fully saturated rings. The van der Waals surface area contributed by atoms with Crippen LogP contribution in [0.1, 0.15) is 252 Å². The minimum atomic E-state index is -0.582. The number of hydrogen-bond acceptors (Lipinski definition) is 5. The van der Waals surface area contributed by atoms with Crippen LogP contribution in [-0.4, -0.2) is 37.9 Å². The van der Waals surface area contributed by atoms with Crippen LogP contribution in [0, 0.1) is 0 Å². The average Bonchev–Trinajstić information content (AvgIpc) is 3.30. The summed E-state index contributed by atoms with van der Waals surface area (Å²) in [5.41, 5.74) is 0. The van der Waals surface area contributed by atoms with Gasteiger partial charge in [0.05, 0.1) is 6.61 Å². The lowest BCUT2D eigenvalue weighted by atomic mass is 10.1. The lowest BCUT2D eigenvalue weighted by Crippen LogP contribution is -2.30. The van der Waals surface area contributed by atoms with Crippen LogP contribution < -0.4 is 0 Å². The molecular formula is C59H102O5. The molecule has 1 unspecified atom stereocenters. The zero-order chi connectivity index (χ0) is 46.3. The maximum atomic E-state index is 12.8. The summed E-state index contributed by atoms with van der Waals surface area (Å²) in [5.74, 6) is -0.500. The molecule has 0 saturated heterocycles. The van der Waals surface area contributed by atoms with E-state index in [9.17, 15) is 9.59 Å². The summed E-state index contributed by atoms with van der Waals surface area (Å²) in [7, 11) is 0. The Bertz CT molecular complexity index is 1190. The van der Waals surface area contributed by atoms with Gasteiger partial charge >= 0.3 is 11.9 Å². The number of hydrogen-bond donors (Lipinski definition) is 0. The fraction of sp³-hybridized carbons (Fsp3) is 0.729. The highest BCUT2D eigenvalue weighted by Gasteiger charge is 2.17. The Labute approximate surface area is 397 Å². The van der Waals surface area contributed by atoms with E-state index in [2.05, 4.69) is 99.8 Å². The molecule has 0 radical (unpaired) electrons. The molecule has 0 rings (SSSR count). The van der Waals surface area contributed by atoms with Crippen molar-refractivity contribution in [3.8, 4) is 0 Å². The lowest BCUT2D eigenvalue weighted by molar-refractivity contribution is -0.162. The Morgan fingerprint density at radius 2 is 0.734 bits per heavy atom. The van der Waals surface area contributed by atoms with Crippen LogP contribution in [0.4, 0.5) is 0 Å². The minimum Gasteiger partial charge on any atom is -0.462 e. The van der Waals surface area contributed by atoms with Crippen LogP contribution in [0.15, 0.2) is 85.1 Å². The summed E-state index contributed by atoms with van der Waals surface area (Å²) < 4.78 is 17.3. The zero-order valence-corrected chi connectivity index (χ0v) is 42.3. The molecule has 5 nitrogen and oxygen atoms in total. The second-order valence-electron chi connectivity index (χ2n) is 17.7. The van der Waals surface area contributed by atoms with Gasteiger partial charge in [-0.2, -0.15) is 0 Å². The largest absolute Gasteiger partial charge is 0.462 e. The average molecular weight is 891 g/mol. The Hall–Kier alpha value is -2.92. The molecular weight excluding hydrogens is 789 g/mol. The van der Waals surface area contributed by atoms with E-state index in [0.717, 1.165) is 70.6 Å². The molecule has 368 valence electrons. The number of unbranched alkanes of at least 4 members (excludes halogenated alkanes) is 24. The second-order valence-corrected chi connectivity index (χ2v) is 17.7. The molecule has 5 heteroatoms. The van der Waals surface area contributed by atoms with Crippen molar-refractivity contribution < 1.29 is 23.8 Å². The van der Waals surface area contributed by atoms with E-state index >= 15 is 0 Å². The molecule has 0 heterocycles. The zero-order valence-electron chi connectivity index (χ0n) is 42.3. The molecule has 0 N–H and O–H groups in total. The molecule has 0 aromatic carbocycles. The van der Waals surface area contributed by atoms with Gasteiger partial charge in [0.15, 0.2) is 6.10 Å². The first-order valence-corrected chi connectivity index (χ1v) is 27.1. The maximum absolute atomic E-state index is 12.8. The van der Waals surface area contributed by atoms with E-state index in [4.69, 9.17) is 14.2 Å². The molecule has 0 amide bonds. The Kier molecular flexibility index (Phi) is 51.9. The van der Waals surface area contributed by atoms with Crippen LogP contribution >= 0.6 is 0 Å². The number of carbonyl (C=O) groups is 2. The Balaban J connectivity index is 4.32. The van der Waals surface area contributed by atoms with Crippen LogP contribution in [-0.2, 0) is 23.8 Å². The van der Waals surface area contributed by atoms with Gasteiger partial charge in [-0.3, -0.25) is 9.59 Å². The summed E-state index contributed by atoms with van der Waals surface area (Å²) in [4.78, 5) is 25.4. The lowest BCUT2D eigenvalue weighted by Gasteiger charge is -2.18. The third-order valence-corrected chi connectivity index (χ3v) is 11.4. The first-order chi connectivity index (χ1) is 31.6. The van der Waals surface area contributed by atoms with E-state index in [1.165, 1.54) is 141 Å². The van der Waals surface area contributed by atoms with Gasteiger partial charge < -0.3 is 14.2 Å². The molecule has 0 spiro atoms. The first kappa shape index (κ1) is 61.1. The van der Waals surface area contributed by atoms with Gasteiger partial charge in [0.25, 0.3) is 0 Å². The highest BCUT2D eigenvalue weighted by Crippen LogP contribution is 2.14. The van der Waals surface area contributed by atoms with Gasteiger partial charge in [0, 0.05) is 19.4 Å². The topological polar surface area (TPSA) is 61.8 Å². The van der Waals surface area contributed by atoms with Crippen molar-refractivity contribution in [2.75, 3.05) is 19.8 Å². The normalized spacial score (nSPS) is 12.9. The molecule has 0 aliphatic rings. The van der Waals surface area contributed by atoms with Crippen LogP contribution in [0.25, 0.3) is 0 Å². The van der Waals surface area contributed by atoms with Crippen molar-refractivity contribution >= 4 is 11.9 Å². The van der Waals surface area contributed by atoms with Gasteiger partial charge in [0.1, 0.15) is 6.61 Å². The van der Waals surface area contributed by atoms with Crippen LogP contribution in [0.5, 0.6) is 0 Å². The Morgan fingerprint density at radius 3 is 1.23 bits per heavy atom. The molecule has 64 heavy (non-hydrogen) atoms. The highest BCUT2D eigenvalue weighted by atomic mass is 16.6. The fourth-order valence-corrected chi connectivity index (χ4v) is 7.37. The predicted octanol–water partition coefficient (Wildman–Crippen LogP) is 18.5. The van der Waals surface area contributed by atoms with Gasteiger partial charge in [0.2, 0.25) is 0 Å². The van der Waals surface area contributed by atoms with E-state index in [1.54, 1.807) is 0 Å². The van der Waals surface area contributed by atoms with Crippen LogP contribution in [0.2, 0.25) is 0 Å². The quantitative estimate of drug-likeness (QED) is 0.0346. The van der Waals surface area contributed by atoms with Crippen LogP contribution in [0.3, 0.4) is 0 Å². The van der Waals surface area contributed by atoms with Crippen molar-refractivity contribution in [2.24, 2.45) is 0 Å². The summed E-state index contributed by atoms with van der Waals surface area (Å²) in [5, 5.41) is 0. The standard InChI is InChI=1S/C59H102O5/c1-4-7-10-13-16-19-22-25-27-28-29-30-31-33-36-39-42-45-48-51-54-62-55-57(64-59(61)53-50-47-44-41-38-34-24-21-18-15-12-9-6-3)56-63-58(60)52-49-46-43-40-37-35-32-26-23-20-17-14-11-8-5-2/h9,12,16,18-19,21,25-27,32,34,38,44,47,57H,4-8,10-11,13-15,17,20,22-24,28-31,33,35-37,39-43,45-46,48-56H2,1-3H3/b12-9-,19-16-,21-18-,27-25-,32-26-,38-34-,47-44-. The first-order valence-electron chi connectivity index (χ1n) is 27.1. The molecule has 0 aromatic rings.